The van der Waals surface area contributed by atoms with Crippen molar-refractivity contribution < 1.29 is 0 Å². The molecule has 0 bridgehead atoms. The van der Waals surface area contributed by atoms with E-state index in [4.69, 9.17) is 4.98 Å². The van der Waals surface area contributed by atoms with Crippen molar-refractivity contribution >= 4 is 16.6 Å². The van der Waals surface area contributed by atoms with Crippen LogP contribution in [0.25, 0.3) is 10.9 Å². The Bertz CT molecular complexity index is 642. The molecule has 1 fully saturated rings. The molecule has 21 heavy (non-hydrogen) atoms. The van der Waals surface area contributed by atoms with Gasteiger partial charge in [0.1, 0.15) is 0 Å². The molecule has 1 aliphatic heterocycles. The third-order valence-electron chi connectivity index (χ3n) is 4.50. The van der Waals surface area contributed by atoms with Crippen LogP contribution in [0.2, 0.25) is 0 Å². The number of aromatic nitrogens is 1. The van der Waals surface area contributed by atoms with Crippen molar-refractivity contribution in [1.82, 2.24) is 10.3 Å². The first-order valence-electron chi connectivity index (χ1n) is 8.06. The maximum atomic E-state index is 4.94. The third-order valence-corrected chi connectivity index (χ3v) is 4.50. The molecular formula is C18H25N3. The van der Waals surface area contributed by atoms with Gasteiger partial charge >= 0.3 is 0 Å². The summed E-state index contributed by atoms with van der Waals surface area (Å²) in [7, 11) is 0. The number of nitrogens with one attached hydrogen (secondary N) is 1. The quantitative estimate of drug-likeness (QED) is 0.937. The number of hydrogen-bond acceptors (Lipinski definition) is 3. The number of fused-ring (bicyclic) bond motifs is 1. The van der Waals surface area contributed by atoms with E-state index >= 15 is 0 Å². The van der Waals surface area contributed by atoms with E-state index in [9.17, 15) is 0 Å². The fraction of sp³-hybridized carbons (Fsp3) is 0.500. The highest BCUT2D eigenvalue weighted by atomic mass is 15.2. The summed E-state index contributed by atoms with van der Waals surface area (Å²) in [6, 6.07) is 6.79. The van der Waals surface area contributed by atoms with Crippen molar-refractivity contribution in [1.29, 1.82) is 0 Å². The average Bonchev–Trinajstić information content (AvgIpc) is 2.52. The SMILES string of the molecule is CCCc1cc(N2CCNCC2)c2ccc(C)c(C)c2n1. The molecule has 0 aliphatic carbocycles. The standard InChI is InChI=1S/C18H25N3/c1-4-5-15-12-17(21-10-8-19-9-11-21)16-7-6-13(2)14(3)18(16)20-15/h6-7,12,19H,4-5,8-11H2,1-3H3. The summed E-state index contributed by atoms with van der Waals surface area (Å²) in [5.41, 5.74) is 6.44. The molecule has 1 aliphatic rings. The molecule has 0 unspecified atom stereocenters. The van der Waals surface area contributed by atoms with Crippen molar-refractivity contribution in [3.8, 4) is 0 Å². The van der Waals surface area contributed by atoms with E-state index in [1.54, 1.807) is 0 Å². The molecule has 0 radical (unpaired) electrons. The fourth-order valence-corrected chi connectivity index (χ4v) is 3.11. The first-order chi connectivity index (χ1) is 10.2. The van der Waals surface area contributed by atoms with Gasteiger partial charge in [-0.05, 0) is 37.5 Å². The zero-order valence-electron chi connectivity index (χ0n) is 13.4. The van der Waals surface area contributed by atoms with E-state index in [0.717, 1.165) is 39.0 Å². The van der Waals surface area contributed by atoms with E-state index in [1.165, 1.54) is 33.4 Å². The largest absolute Gasteiger partial charge is 0.368 e. The number of anilines is 1. The fourth-order valence-electron chi connectivity index (χ4n) is 3.11. The minimum atomic E-state index is 1.06. The highest BCUT2D eigenvalue weighted by Gasteiger charge is 2.16. The van der Waals surface area contributed by atoms with Crippen molar-refractivity contribution in [3.63, 3.8) is 0 Å². The third kappa shape index (κ3) is 2.75. The van der Waals surface area contributed by atoms with Crippen LogP contribution in [0, 0.1) is 13.8 Å². The lowest BCUT2D eigenvalue weighted by Gasteiger charge is -2.31. The molecule has 2 heterocycles. The van der Waals surface area contributed by atoms with Crippen LogP contribution in [0.4, 0.5) is 5.69 Å². The normalized spacial score (nSPS) is 15.7. The Hall–Kier alpha value is -1.61. The number of nitrogens with zero attached hydrogens (tertiary/aromatic N) is 2. The monoisotopic (exact) mass is 283 g/mol. The number of hydrogen-bond donors (Lipinski definition) is 1. The summed E-state index contributed by atoms with van der Waals surface area (Å²) in [6.45, 7) is 10.9. The van der Waals surface area contributed by atoms with Crippen LogP contribution < -0.4 is 10.2 Å². The summed E-state index contributed by atoms with van der Waals surface area (Å²) in [5, 5.41) is 4.74. The zero-order chi connectivity index (χ0) is 14.8. The lowest BCUT2D eigenvalue weighted by Crippen LogP contribution is -2.43. The van der Waals surface area contributed by atoms with Crippen molar-refractivity contribution in [3.05, 3.63) is 35.0 Å². The van der Waals surface area contributed by atoms with Gasteiger partial charge in [-0.3, -0.25) is 4.98 Å². The van der Waals surface area contributed by atoms with Gasteiger partial charge in [0.2, 0.25) is 0 Å². The lowest BCUT2D eigenvalue weighted by atomic mass is 10.0. The molecule has 1 N–H and O–H groups in total. The Kier molecular flexibility index (Phi) is 4.11. The molecule has 1 saturated heterocycles. The van der Waals surface area contributed by atoms with E-state index < -0.39 is 0 Å². The molecule has 0 spiro atoms. The average molecular weight is 283 g/mol. The lowest BCUT2D eigenvalue weighted by molar-refractivity contribution is 0.590. The van der Waals surface area contributed by atoms with Crippen LogP contribution >= 0.6 is 0 Å². The molecule has 3 rings (SSSR count). The van der Waals surface area contributed by atoms with Crippen molar-refractivity contribution in [2.45, 2.75) is 33.6 Å². The van der Waals surface area contributed by atoms with Gasteiger partial charge in [-0.25, -0.2) is 0 Å². The summed E-state index contributed by atoms with van der Waals surface area (Å²) in [4.78, 5) is 7.45. The Morgan fingerprint density at radius 3 is 2.67 bits per heavy atom. The van der Waals surface area contributed by atoms with Crippen LogP contribution in [0.3, 0.4) is 0 Å². The number of benzene rings is 1. The molecule has 1 aromatic heterocycles. The second-order valence-electron chi connectivity index (χ2n) is 6.02. The topological polar surface area (TPSA) is 28.2 Å². The Morgan fingerprint density at radius 1 is 1.19 bits per heavy atom. The summed E-state index contributed by atoms with van der Waals surface area (Å²) < 4.78 is 0. The van der Waals surface area contributed by atoms with Gasteiger partial charge in [-0.2, -0.15) is 0 Å². The molecule has 0 atom stereocenters. The first-order valence-corrected chi connectivity index (χ1v) is 8.06. The Morgan fingerprint density at radius 2 is 1.95 bits per heavy atom. The Balaban J connectivity index is 2.17. The summed E-state index contributed by atoms with van der Waals surface area (Å²) in [6.07, 6.45) is 2.20. The maximum Gasteiger partial charge on any atom is 0.0757 e. The molecule has 112 valence electrons. The second-order valence-corrected chi connectivity index (χ2v) is 6.02. The first kappa shape index (κ1) is 14.3. The van der Waals surface area contributed by atoms with Gasteiger partial charge in [0, 0.05) is 42.9 Å². The van der Waals surface area contributed by atoms with Crippen molar-refractivity contribution in [2.75, 3.05) is 31.1 Å². The van der Waals surface area contributed by atoms with Gasteiger partial charge in [0.15, 0.2) is 0 Å². The van der Waals surface area contributed by atoms with Crippen molar-refractivity contribution in [2.24, 2.45) is 0 Å². The minimum Gasteiger partial charge on any atom is -0.368 e. The molecule has 0 saturated carbocycles. The van der Waals surface area contributed by atoms with Gasteiger partial charge in [0.05, 0.1) is 5.52 Å². The summed E-state index contributed by atoms with van der Waals surface area (Å²) >= 11 is 0. The predicted molar refractivity (Wildman–Crippen MR) is 90.3 cm³/mol. The highest BCUT2D eigenvalue weighted by Crippen LogP contribution is 2.30. The molecule has 0 amide bonds. The van der Waals surface area contributed by atoms with Crippen LogP contribution in [-0.4, -0.2) is 31.2 Å². The Labute approximate surface area is 127 Å². The smallest absolute Gasteiger partial charge is 0.0757 e. The predicted octanol–water partition coefficient (Wildman–Crippen LogP) is 3.21. The zero-order valence-corrected chi connectivity index (χ0v) is 13.4. The summed E-state index contributed by atoms with van der Waals surface area (Å²) in [5.74, 6) is 0. The van der Waals surface area contributed by atoms with E-state index in [2.05, 4.69) is 49.2 Å². The molecule has 1 aromatic carbocycles. The minimum absolute atomic E-state index is 1.06. The van der Waals surface area contributed by atoms with Crippen LogP contribution in [0.1, 0.15) is 30.2 Å². The molecule has 3 nitrogen and oxygen atoms in total. The van der Waals surface area contributed by atoms with Crippen LogP contribution in [-0.2, 0) is 6.42 Å². The van der Waals surface area contributed by atoms with Crippen LogP contribution in [0.15, 0.2) is 18.2 Å². The molecule has 2 aromatic rings. The number of rotatable bonds is 3. The van der Waals surface area contributed by atoms with E-state index in [1.807, 2.05) is 0 Å². The van der Waals surface area contributed by atoms with Crippen LogP contribution in [0.5, 0.6) is 0 Å². The van der Waals surface area contributed by atoms with E-state index in [0.29, 0.717) is 0 Å². The molecule has 3 heteroatoms. The van der Waals surface area contributed by atoms with Gasteiger partial charge in [0.25, 0.3) is 0 Å². The van der Waals surface area contributed by atoms with E-state index in [-0.39, 0.29) is 0 Å². The second kappa shape index (κ2) is 6.02. The van der Waals surface area contributed by atoms with Gasteiger partial charge in [-0.15, -0.1) is 0 Å². The highest BCUT2D eigenvalue weighted by molar-refractivity contribution is 5.94. The number of pyridine rings is 1. The van der Waals surface area contributed by atoms with Gasteiger partial charge in [-0.1, -0.05) is 25.5 Å². The molecular weight excluding hydrogens is 258 g/mol. The van der Waals surface area contributed by atoms with Gasteiger partial charge < -0.3 is 10.2 Å². The maximum absolute atomic E-state index is 4.94. The number of piperazine rings is 1. The number of aryl methyl sites for hydroxylation is 3.